The van der Waals surface area contributed by atoms with Crippen LogP contribution >= 0.6 is 31.9 Å². The van der Waals surface area contributed by atoms with E-state index in [2.05, 4.69) is 31.9 Å². The van der Waals surface area contributed by atoms with Gasteiger partial charge in [-0.15, -0.1) is 0 Å². The smallest absolute Gasteiger partial charge is 0.224 e. The standard InChI is InChI=1S/C24H20Br2N2O4/c1-11(29)23-21(17-9-15(25)5-7-19(17)27(23)13(3)31)22-18-10-16(26)6-8-20(18)28(14(4)32)24(22,23)12(2)30/h5-10,21-22H,1-4H3/t21?,22?,23-,24-/m1/s1. The molecule has 0 radical (unpaired) electrons. The van der Waals surface area contributed by atoms with Gasteiger partial charge in [0.05, 0.1) is 0 Å². The average Bonchev–Trinajstić information content (AvgIpc) is 3.08. The summed E-state index contributed by atoms with van der Waals surface area (Å²) < 4.78 is 1.63. The van der Waals surface area contributed by atoms with Gasteiger partial charge in [-0.2, -0.15) is 0 Å². The Labute approximate surface area is 202 Å². The van der Waals surface area contributed by atoms with Gasteiger partial charge >= 0.3 is 0 Å². The molecule has 0 spiro atoms. The van der Waals surface area contributed by atoms with Gasteiger partial charge in [0.15, 0.2) is 11.6 Å². The topological polar surface area (TPSA) is 74.8 Å². The van der Waals surface area contributed by atoms with Crippen LogP contribution in [0.25, 0.3) is 0 Å². The molecule has 2 heterocycles. The normalized spacial score (nSPS) is 28.9. The fourth-order valence-corrected chi connectivity index (χ4v) is 7.51. The number of benzene rings is 2. The Morgan fingerprint density at radius 2 is 1.03 bits per heavy atom. The minimum atomic E-state index is -1.52. The number of Topliss-reactive ketones (excluding diaryl/α,β-unsaturated/α-hetero) is 2. The summed E-state index contributed by atoms with van der Waals surface area (Å²) in [6, 6.07) is 11.1. The number of rotatable bonds is 2. The number of hydrogen-bond acceptors (Lipinski definition) is 4. The third kappa shape index (κ3) is 2.11. The van der Waals surface area contributed by atoms with Gasteiger partial charge in [0.1, 0.15) is 11.1 Å². The van der Waals surface area contributed by atoms with E-state index in [0.29, 0.717) is 11.4 Å². The van der Waals surface area contributed by atoms with Gasteiger partial charge in [0, 0.05) is 46.0 Å². The van der Waals surface area contributed by atoms with Crippen molar-refractivity contribution in [3.05, 3.63) is 56.5 Å². The molecule has 2 aromatic carbocycles. The van der Waals surface area contributed by atoms with Gasteiger partial charge in [-0.1, -0.05) is 31.9 Å². The van der Waals surface area contributed by atoms with Crippen LogP contribution in [-0.2, 0) is 19.2 Å². The highest BCUT2D eigenvalue weighted by Crippen LogP contribution is 2.76. The second kappa shape index (κ2) is 6.60. The van der Waals surface area contributed by atoms with E-state index < -0.39 is 22.9 Å². The third-order valence-electron chi connectivity index (χ3n) is 7.35. The molecule has 0 aromatic heterocycles. The van der Waals surface area contributed by atoms with E-state index in [1.165, 1.54) is 37.5 Å². The summed E-state index contributed by atoms with van der Waals surface area (Å²) in [7, 11) is 0. The van der Waals surface area contributed by atoms with Gasteiger partial charge in [0.25, 0.3) is 0 Å². The Bertz CT molecular complexity index is 1180. The predicted molar refractivity (Wildman–Crippen MR) is 127 cm³/mol. The molecule has 0 bridgehead atoms. The van der Waals surface area contributed by atoms with E-state index in [-0.39, 0.29) is 23.4 Å². The number of fused-ring (bicyclic) bond motifs is 8. The lowest BCUT2D eigenvalue weighted by molar-refractivity contribution is -0.148. The molecule has 8 heteroatoms. The first kappa shape index (κ1) is 21.5. The lowest BCUT2D eigenvalue weighted by Crippen LogP contribution is -2.87. The van der Waals surface area contributed by atoms with Gasteiger partial charge in [0.2, 0.25) is 11.8 Å². The average molecular weight is 560 g/mol. The monoisotopic (exact) mass is 558 g/mol. The highest BCUT2D eigenvalue weighted by atomic mass is 79.9. The first-order chi connectivity index (χ1) is 15.0. The van der Waals surface area contributed by atoms with E-state index >= 15 is 0 Å². The number of amides is 2. The molecule has 1 saturated carbocycles. The molecule has 1 fully saturated rings. The van der Waals surface area contributed by atoms with Crippen LogP contribution in [0, 0.1) is 0 Å². The van der Waals surface area contributed by atoms with E-state index in [1.54, 1.807) is 12.1 Å². The van der Waals surface area contributed by atoms with Crippen molar-refractivity contribution in [1.29, 1.82) is 0 Å². The quantitative estimate of drug-likeness (QED) is 0.543. The fourth-order valence-electron chi connectivity index (χ4n) is 6.75. The molecule has 164 valence electrons. The maximum absolute atomic E-state index is 13.6. The van der Waals surface area contributed by atoms with Crippen molar-refractivity contribution in [3.63, 3.8) is 0 Å². The van der Waals surface area contributed by atoms with Crippen molar-refractivity contribution in [3.8, 4) is 0 Å². The van der Waals surface area contributed by atoms with Crippen molar-refractivity contribution < 1.29 is 19.2 Å². The summed E-state index contributed by atoms with van der Waals surface area (Å²) in [6.45, 7) is 5.64. The van der Waals surface area contributed by atoms with Gasteiger partial charge in [-0.05, 0) is 61.4 Å². The zero-order chi connectivity index (χ0) is 23.3. The maximum atomic E-state index is 13.6. The molecule has 4 atom stereocenters. The molecule has 6 nitrogen and oxygen atoms in total. The van der Waals surface area contributed by atoms with Gasteiger partial charge in [-0.3, -0.25) is 29.0 Å². The van der Waals surface area contributed by atoms with Crippen molar-refractivity contribution in [2.45, 2.75) is 50.6 Å². The van der Waals surface area contributed by atoms with Crippen LogP contribution < -0.4 is 9.80 Å². The van der Waals surface area contributed by atoms with E-state index in [4.69, 9.17) is 0 Å². The molecule has 2 aliphatic heterocycles. The Kier molecular flexibility index (Phi) is 4.44. The van der Waals surface area contributed by atoms with E-state index in [1.807, 2.05) is 24.3 Å². The highest BCUT2D eigenvalue weighted by molar-refractivity contribution is 9.10. The predicted octanol–water partition coefficient (Wildman–Crippen LogP) is 4.48. The maximum Gasteiger partial charge on any atom is 0.224 e. The molecule has 2 aromatic rings. The Morgan fingerprint density at radius 1 is 0.688 bits per heavy atom. The zero-order valence-electron chi connectivity index (χ0n) is 17.9. The summed E-state index contributed by atoms with van der Waals surface area (Å²) in [5.74, 6) is -2.23. The van der Waals surface area contributed by atoms with Gasteiger partial charge in [-0.25, -0.2) is 0 Å². The molecule has 3 aliphatic rings. The first-order valence-corrected chi connectivity index (χ1v) is 11.8. The van der Waals surface area contributed by atoms with Crippen LogP contribution in [0.5, 0.6) is 0 Å². The minimum Gasteiger partial charge on any atom is -0.297 e. The number of carbonyl (C=O) groups excluding carboxylic acids is 4. The van der Waals surface area contributed by atoms with Crippen LogP contribution in [0.3, 0.4) is 0 Å². The van der Waals surface area contributed by atoms with Crippen LogP contribution in [0.4, 0.5) is 11.4 Å². The molecule has 5 rings (SSSR count). The summed E-state index contributed by atoms with van der Waals surface area (Å²) in [5, 5.41) is 0. The van der Waals surface area contributed by atoms with E-state index in [9.17, 15) is 19.2 Å². The summed E-state index contributed by atoms with van der Waals surface area (Å²) >= 11 is 7.03. The molecule has 2 unspecified atom stereocenters. The Morgan fingerprint density at radius 3 is 1.31 bits per heavy atom. The number of nitrogens with zero attached hydrogens (tertiary/aromatic N) is 2. The van der Waals surface area contributed by atoms with Crippen molar-refractivity contribution in [1.82, 2.24) is 0 Å². The highest BCUT2D eigenvalue weighted by Gasteiger charge is 2.87. The summed E-state index contributed by atoms with van der Waals surface area (Å²) in [5.41, 5.74) is -0.177. The molecule has 0 N–H and O–H groups in total. The van der Waals surface area contributed by atoms with Gasteiger partial charge < -0.3 is 0 Å². The molecule has 0 saturated heterocycles. The zero-order valence-corrected chi connectivity index (χ0v) is 21.1. The van der Waals surface area contributed by atoms with Crippen molar-refractivity contribution >= 4 is 66.6 Å². The number of ketones is 2. The summed E-state index contributed by atoms with van der Waals surface area (Å²) in [6.07, 6.45) is 0. The molecular weight excluding hydrogens is 540 g/mol. The number of anilines is 2. The molecule has 2 amide bonds. The second-order valence-corrected chi connectivity index (χ2v) is 10.5. The third-order valence-corrected chi connectivity index (χ3v) is 8.34. The second-order valence-electron chi connectivity index (χ2n) is 8.72. The Hall–Kier alpha value is -2.32. The Balaban J connectivity index is 1.96. The number of halogens is 2. The number of hydrogen-bond donors (Lipinski definition) is 0. The summed E-state index contributed by atoms with van der Waals surface area (Å²) in [4.78, 5) is 56.4. The lowest BCUT2D eigenvalue weighted by atomic mass is 9.43. The van der Waals surface area contributed by atoms with Crippen LogP contribution in [-0.4, -0.2) is 34.5 Å². The first-order valence-electron chi connectivity index (χ1n) is 10.3. The SMILES string of the molecule is CC(=O)N1c2ccc(Br)cc2C2C3c4cc(Br)ccc4N(C(C)=O)[C@@]3(C(C)=O)[C@@]21C(C)=O. The minimum absolute atomic E-state index is 0.311. The number of carbonyl (C=O) groups is 4. The van der Waals surface area contributed by atoms with Crippen LogP contribution in [0.1, 0.15) is 50.7 Å². The molecule has 1 aliphatic carbocycles. The van der Waals surface area contributed by atoms with Crippen molar-refractivity contribution in [2.75, 3.05) is 9.80 Å². The lowest BCUT2D eigenvalue weighted by Gasteiger charge is -2.65. The van der Waals surface area contributed by atoms with Crippen LogP contribution in [0.15, 0.2) is 45.3 Å². The largest absolute Gasteiger partial charge is 0.297 e. The molecular formula is C24H20Br2N2O4. The van der Waals surface area contributed by atoms with Crippen LogP contribution in [0.2, 0.25) is 0 Å². The fraction of sp³-hybridized carbons (Fsp3) is 0.333. The van der Waals surface area contributed by atoms with Crippen molar-refractivity contribution in [2.24, 2.45) is 0 Å². The molecule has 32 heavy (non-hydrogen) atoms. The van der Waals surface area contributed by atoms with E-state index in [0.717, 1.165) is 20.1 Å².